The van der Waals surface area contributed by atoms with E-state index in [-0.39, 0.29) is 24.0 Å². The molecular weight excluding hydrogens is 480 g/mol. The van der Waals surface area contributed by atoms with Crippen LogP contribution in [-0.4, -0.2) is 59.6 Å². The molecule has 0 fully saturated rings. The second kappa shape index (κ2) is 15.7. The Labute approximate surface area is 176 Å². The Morgan fingerprint density at radius 2 is 1.84 bits per heavy atom. The van der Waals surface area contributed by atoms with Crippen molar-refractivity contribution in [3.8, 4) is 5.75 Å². The molecule has 0 atom stereocenters. The van der Waals surface area contributed by atoms with Gasteiger partial charge in [0.25, 0.3) is 0 Å². The minimum Gasteiger partial charge on any atom is -0.490 e. The molecule has 1 aromatic rings. The fraction of sp³-hybridized carbons (Fsp3) is 0.562. The maximum absolute atomic E-state index is 6.06. The Bertz CT molecular complexity index is 508. The van der Waals surface area contributed by atoms with Gasteiger partial charge in [0.05, 0.1) is 24.8 Å². The summed E-state index contributed by atoms with van der Waals surface area (Å²) in [5.41, 5.74) is 0. The van der Waals surface area contributed by atoms with Crippen molar-refractivity contribution in [1.82, 2.24) is 10.6 Å². The largest absolute Gasteiger partial charge is 0.490 e. The highest BCUT2D eigenvalue weighted by molar-refractivity contribution is 14.0. The van der Waals surface area contributed by atoms with Gasteiger partial charge in [-0.2, -0.15) is 0 Å². The topological polar surface area (TPSA) is 64.1 Å². The smallest absolute Gasteiger partial charge is 0.191 e. The molecule has 2 N–H and O–H groups in total. The van der Waals surface area contributed by atoms with Crippen LogP contribution in [0.25, 0.3) is 0 Å². The number of halogens is 3. The van der Waals surface area contributed by atoms with Crippen molar-refractivity contribution in [3.05, 3.63) is 28.2 Å². The molecule has 0 saturated heterocycles. The number of hydrogen-bond donors (Lipinski definition) is 2. The third-order valence-corrected chi connectivity index (χ3v) is 3.78. The van der Waals surface area contributed by atoms with Crippen LogP contribution in [0.3, 0.4) is 0 Å². The van der Waals surface area contributed by atoms with E-state index >= 15 is 0 Å². The summed E-state index contributed by atoms with van der Waals surface area (Å²) in [5.74, 6) is 1.29. The van der Waals surface area contributed by atoms with Crippen molar-refractivity contribution in [3.63, 3.8) is 0 Å². The summed E-state index contributed by atoms with van der Waals surface area (Å²) in [5, 5.41) is 7.27. The molecule has 144 valence electrons. The first-order valence-electron chi connectivity index (χ1n) is 7.77. The van der Waals surface area contributed by atoms with E-state index in [2.05, 4.69) is 15.6 Å². The summed E-state index contributed by atoms with van der Waals surface area (Å²) < 4.78 is 15.9. The summed E-state index contributed by atoms with van der Waals surface area (Å²) in [6, 6.07) is 5.30. The summed E-state index contributed by atoms with van der Waals surface area (Å²) in [6.45, 7) is 3.73. The SMILES string of the molecule is CN=C(NCCCOCCOC)NCCOc1cccc(Cl)c1Cl.I. The standard InChI is InChI=1S/C16H25Cl2N3O3.HI/c1-19-16(20-7-4-9-23-12-11-22-2)21-8-10-24-14-6-3-5-13(17)15(14)18;/h3,5-6H,4,7-12H2,1-2H3,(H2,19,20,21);1H. The van der Waals surface area contributed by atoms with Gasteiger partial charge in [0, 0.05) is 27.3 Å². The van der Waals surface area contributed by atoms with E-state index in [0.717, 1.165) is 13.0 Å². The molecule has 0 aliphatic carbocycles. The van der Waals surface area contributed by atoms with Gasteiger partial charge >= 0.3 is 0 Å². The molecule has 0 aliphatic rings. The van der Waals surface area contributed by atoms with Crippen molar-refractivity contribution >= 4 is 53.1 Å². The van der Waals surface area contributed by atoms with E-state index < -0.39 is 0 Å². The quantitative estimate of drug-likeness (QED) is 0.209. The Balaban J connectivity index is 0.00000576. The minimum atomic E-state index is 0. The van der Waals surface area contributed by atoms with Crippen LogP contribution in [0.5, 0.6) is 5.75 Å². The maximum Gasteiger partial charge on any atom is 0.191 e. The number of nitrogens with one attached hydrogen (secondary N) is 2. The van der Waals surface area contributed by atoms with E-state index in [0.29, 0.717) is 54.7 Å². The molecule has 0 unspecified atom stereocenters. The highest BCUT2D eigenvalue weighted by Crippen LogP contribution is 2.31. The lowest BCUT2D eigenvalue weighted by atomic mass is 10.3. The average Bonchev–Trinajstić information content (AvgIpc) is 2.59. The second-order valence-corrected chi connectivity index (χ2v) is 5.57. The molecule has 6 nitrogen and oxygen atoms in total. The minimum absolute atomic E-state index is 0. The maximum atomic E-state index is 6.06. The molecule has 0 spiro atoms. The van der Waals surface area contributed by atoms with Crippen LogP contribution < -0.4 is 15.4 Å². The van der Waals surface area contributed by atoms with Crippen LogP contribution in [0.15, 0.2) is 23.2 Å². The van der Waals surface area contributed by atoms with E-state index in [9.17, 15) is 0 Å². The number of guanidine groups is 1. The van der Waals surface area contributed by atoms with Gasteiger partial charge in [0.15, 0.2) is 5.96 Å². The molecule has 0 saturated carbocycles. The number of ether oxygens (including phenoxy) is 3. The molecule has 9 heteroatoms. The molecule has 25 heavy (non-hydrogen) atoms. The van der Waals surface area contributed by atoms with Gasteiger partial charge in [-0.1, -0.05) is 29.3 Å². The zero-order valence-electron chi connectivity index (χ0n) is 14.5. The number of aliphatic imine (C=N–C) groups is 1. The molecular formula is C16H26Cl2IN3O3. The number of rotatable bonds is 11. The third kappa shape index (κ3) is 11.0. The number of benzene rings is 1. The van der Waals surface area contributed by atoms with Crippen molar-refractivity contribution in [2.75, 3.05) is 53.7 Å². The van der Waals surface area contributed by atoms with Crippen molar-refractivity contribution in [1.29, 1.82) is 0 Å². The van der Waals surface area contributed by atoms with E-state index in [4.69, 9.17) is 37.4 Å². The van der Waals surface area contributed by atoms with Gasteiger partial charge in [-0.05, 0) is 18.6 Å². The van der Waals surface area contributed by atoms with Gasteiger partial charge in [0.2, 0.25) is 0 Å². The zero-order valence-corrected chi connectivity index (χ0v) is 18.4. The molecule has 1 rings (SSSR count). The predicted octanol–water partition coefficient (Wildman–Crippen LogP) is 3.21. The van der Waals surface area contributed by atoms with E-state index in [1.165, 1.54) is 0 Å². The summed E-state index contributed by atoms with van der Waals surface area (Å²) >= 11 is 12.0. The Kier molecular flexibility index (Phi) is 15.4. The van der Waals surface area contributed by atoms with Gasteiger partial charge in [-0.25, -0.2) is 0 Å². The zero-order chi connectivity index (χ0) is 17.6. The van der Waals surface area contributed by atoms with Gasteiger partial charge in [0.1, 0.15) is 17.4 Å². The number of methoxy groups -OCH3 is 1. The van der Waals surface area contributed by atoms with Crippen LogP contribution >= 0.6 is 47.2 Å². The molecule has 0 heterocycles. The molecule has 0 aliphatic heterocycles. The molecule has 0 radical (unpaired) electrons. The Morgan fingerprint density at radius 1 is 1.08 bits per heavy atom. The fourth-order valence-electron chi connectivity index (χ4n) is 1.77. The normalized spacial score (nSPS) is 11.0. The summed E-state index contributed by atoms with van der Waals surface area (Å²) in [4.78, 5) is 4.14. The van der Waals surface area contributed by atoms with Gasteiger partial charge < -0.3 is 24.8 Å². The van der Waals surface area contributed by atoms with Crippen molar-refractivity contribution in [2.24, 2.45) is 4.99 Å². The Hall–Kier alpha value is -0.480. The predicted molar refractivity (Wildman–Crippen MR) is 114 cm³/mol. The summed E-state index contributed by atoms with van der Waals surface area (Å²) in [7, 11) is 3.38. The third-order valence-electron chi connectivity index (χ3n) is 2.98. The lowest BCUT2D eigenvalue weighted by molar-refractivity contribution is 0.0698. The van der Waals surface area contributed by atoms with Crippen LogP contribution in [0.4, 0.5) is 0 Å². The monoisotopic (exact) mass is 505 g/mol. The first-order valence-corrected chi connectivity index (χ1v) is 8.52. The average molecular weight is 506 g/mol. The highest BCUT2D eigenvalue weighted by Gasteiger charge is 2.05. The Morgan fingerprint density at radius 3 is 2.56 bits per heavy atom. The molecule has 0 bridgehead atoms. The number of hydrogen-bond acceptors (Lipinski definition) is 4. The molecule has 0 aromatic heterocycles. The highest BCUT2D eigenvalue weighted by atomic mass is 127. The van der Waals surface area contributed by atoms with Crippen molar-refractivity contribution in [2.45, 2.75) is 6.42 Å². The van der Waals surface area contributed by atoms with Crippen LogP contribution in [0.2, 0.25) is 10.0 Å². The molecule has 1 aromatic carbocycles. The van der Waals surface area contributed by atoms with Crippen molar-refractivity contribution < 1.29 is 14.2 Å². The van der Waals surface area contributed by atoms with E-state index in [1.807, 2.05) is 0 Å². The first-order chi connectivity index (χ1) is 11.7. The van der Waals surface area contributed by atoms with Gasteiger partial charge in [-0.3, -0.25) is 4.99 Å². The molecule has 0 amide bonds. The van der Waals surface area contributed by atoms with Crippen LogP contribution in [0, 0.1) is 0 Å². The first kappa shape index (κ1) is 24.5. The number of nitrogens with zero attached hydrogens (tertiary/aromatic N) is 1. The summed E-state index contributed by atoms with van der Waals surface area (Å²) in [6.07, 6.45) is 0.888. The van der Waals surface area contributed by atoms with Gasteiger partial charge in [-0.15, -0.1) is 24.0 Å². The van der Waals surface area contributed by atoms with E-state index in [1.54, 1.807) is 32.4 Å². The fourth-order valence-corrected chi connectivity index (χ4v) is 2.12. The second-order valence-electron chi connectivity index (χ2n) is 4.78. The van der Waals surface area contributed by atoms with Crippen LogP contribution in [0.1, 0.15) is 6.42 Å². The van der Waals surface area contributed by atoms with Crippen LogP contribution in [-0.2, 0) is 9.47 Å². The lowest BCUT2D eigenvalue weighted by Gasteiger charge is -2.13. The lowest BCUT2D eigenvalue weighted by Crippen LogP contribution is -2.39.